The molecule has 0 aliphatic heterocycles. The minimum atomic E-state index is -4.14. The lowest BCUT2D eigenvalue weighted by atomic mass is 9.91. The molecular weight excluding hydrogens is 524 g/mol. The third-order valence-corrected chi connectivity index (χ3v) is 8.04. The lowest BCUT2D eigenvalue weighted by Gasteiger charge is -2.15. The number of hydrogen-bond acceptors (Lipinski definition) is 8. The van der Waals surface area contributed by atoms with E-state index in [2.05, 4.69) is 15.5 Å². The van der Waals surface area contributed by atoms with Gasteiger partial charge in [-0.05, 0) is 42.8 Å². The maximum Gasteiger partial charge on any atom is 0.407 e. The number of alkyl carbamates (subject to hydrolysis) is 1. The monoisotopic (exact) mass is 548 g/mol. The van der Waals surface area contributed by atoms with E-state index < -0.39 is 27.7 Å². The second-order valence-corrected chi connectivity index (χ2v) is 10.7. The van der Waals surface area contributed by atoms with Crippen LogP contribution in [0, 0.1) is 6.92 Å². The highest BCUT2D eigenvalue weighted by Gasteiger charge is 2.39. The summed E-state index contributed by atoms with van der Waals surface area (Å²) >= 11 is 0. The molecule has 1 aliphatic rings. The lowest BCUT2D eigenvalue weighted by molar-refractivity contribution is 0.0973. The average Bonchev–Trinajstić information content (AvgIpc) is 3.57. The Morgan fingerprint density at radius 3 is 2.44 bits per heavy atom. The molecule has 4 aromatic rings. The van der Waals surface area contributed by atoms with Crippen LogP contribution in [0.25, 0.3) is 0 Å². The Kier molecular flexibility index (Phi) is 6.79. The van der Waals surface area contributed by atoms with E-state index in [-0.39, 0.29) is 47.0 Å². The summed E-state index contributed by atoms with van der Waals surface area (Å²) in [5.74, 6) is -0.524. The number of amides is 1. The number of ketones is 2. The Morgan fingerprint density at radius 2 is 1.74 bits per heavy atom. The standard InChI is InChI=1S/C27H24N4O7S/c1-16-3-9-19(10-4-16)39(35,36)31-14-12-20-24(31)26(33)22-21(29-30-23(22)25(20)32)11-13-28-27(34)38-15-17-5-7-18(37-2)8-6-17/h3-10,12,14H,11,13,15H2,1-2H3,(H,28,34)(H,29,30). The highest BCUT2D eigenvalue weighted by molar-refractivity contribution is 7.90. The molecule has 2 aromatic carbocycles. The molecule has 0 spiro atoms. The lowest BCUT2D eigenvalue weighted by Crippen LogP contribution is -2.28. The van der Waals surface area contributed by atoms with Gasteiger partial charge in [-0.3, -0.25) is 14.7 Å². The summed E-state index contributed by atoms with van der Waals surface area (Å²) in [4.78, 5) is 38.7. The van der Waals surface area contributed by atoms with Crippen molar-refractivity contribution in [3.05, 3.63) is 100 Å². The van der Waals surface area contributed by atoms with Crippen molar-refractivity contribution in [2.75, 3.05) is 13.7 Å². The maximum absolute atomic E-state index is 13.5. The van der Waals surface area contributed by atoms with E-state index in [0.717, 1.165) is 15.1 Å². The zero-order chi connectivity index (χ0) is 27.7. The van der Waals surface area contributed by atoms with Crippen molar-refractivity contribution in [1.82, 2.24) is 19.5 Å². The predicted molar refractivity (Wildman–Crippen MR) is 139 cm³/mol. The van der Waals surface area contributed by atoms with Crippen LogP contribution in [0.3, 0.4) is 0 Å². The van der Waals surface area contributed by atoms with Gasteiger partial charge in [0.1, 0.15) is 23.7 Å². The van der Waals surface area contributed by atoms with Gasteiger partial charge >= 0.3 is 6.09 Å². The van der Waals surface area contributed by atoms with Gasteiger partial charge in [0.25, 0.3) is 10.0 Å². The largest absolute Gasteiger partial charge is 0.497 e. The Balaban J connectivity index is 1.30. The molecule has 2 N–H and O–H groups in total. The zero-order valence-electron chi connectivity index (χ0n) is 21.1. The fraction of sp³-hybridized carbons (Fsp3) is 0.185. The molecule has 2 aromatic heterocycles. The van der Waals surface area contributed by atoms with Crippen molar-refractivity contribution in [3.63, 3.8) is 0 Å². The van der Waals surface area contributed by atoms with Gasteiger partial charge in [-0.15, -0.1) is 0 Å². The number of carbonyl (C=O) groups excluding carboxylic acids is 3. The molecule has 0 fully saturated rings. The quantitative estimate of drug-likeness (QED) is 0.301. The fourth-order valence-corrected chi connectivity index (χ4v) is 5.62. The number of carbonyl (C=O) groups is 3. The fourth-order valence-electron chi connectivity index (χ4n) is 4.27. The number of aryl methyl sites for hydroxylation is 1. The molecule has 0 bridgehead atoms. The highest BCUT2D eigenvalue weighted by Crippen LogP contribution is 2.31. The van der Waals surface area contributed by atoms with E-state index in [1.165, 1.54) is 24.4 Å². The van der Waals surface area contributed by atoms with Crippen LogP contribution in [0.2, 0.25) is 0 Å². The van der Waals surface area contributed by atoms with E-state index in [9.17, 15) is 22.8 Å². The molecule has 0 atom stereocenters. The normalized spacial score (nSPS) is 12.6. The molecule has 5 rings (SSSR count). The Morgan fingerprint density at radius 1 is 1.03 bits per heavy atom. The van der Waals surface area contributed by atoms with Gasteiger partial charge in [-0.2, -0.15) is 5.10 Å². The van der Waals surface area contributed by atoms with Crippen LogP contribution in [-0.4, -0.2) is 53.9 Å². The van der Waals surface area contributed by atoms with Gasteiger partial charge < -0.3 is 14.8 Å². The summed E-state index contributed by atoms with van der Waals surface area (Å²) in [6.45, 7) is 1.96. The van der Waals surface area contributed by atoms with Gasteiger partial charge in [0.15, 0.2) is 0 Å². The molecule has 1 aliphatic carbocycles. The number of aromatic nitrogens is 3. The first-order chi connectivity index (χ1) is 18.7. The second kappa shape index (κ2) is 10.2. The number of nitrogens with one attached hydrogen (secondary N) is 2. The number of nitrogens with zero attached hydrogens (tertiary/aromatic N) is 2. The number of hydrogen-bond donors (Lipinski definition) is 2. The summed E-state index contributed by atoms with van der Waals surface area (Å²) in [7, 11) is -2.58. The van der Waals surface area contributed by atoms with Gasteiger partial charge in [0.05, 0.1) is 23.1 Å². The molecule has 11 nitrogen and oxygen atoms in total. The number of benzene rings is 2. The number of H-pyrrole nitrogens is 1. The highest BCUT2D eigenvalue weighted by atomic mass is 32.2. The Bertz CT molecular complexity index is 1680. The number of rotatable bonds is 8. The van der Waals surface area contributed by atoms with E-state index in [4.69, 9.17) is 9.47 Å². The SMILES string of the molecule is COc1ccc(COC(=O)NCCc2[nH]nc3c2C(=O)c2c(ccn2S(=O)(=O)c2ccc(C)cc2)C3=O)cc1. The van der Waals surface area contributed by atoms with Crippen LogP contribution in [0.4, 0.5) is 4.79 Å². The first-order valence-electron chi connectivity index (χ1n) is 11.9. The van der Waals surface area contributed by atoms with Crippen LogP contribution in [0.5, 0.6) is 5.75 Å². The van der Waals surface area contributed by atoms with Crippen molar-refractivity contribution in [2.45, 2.75) is 24.8 Å². The van der Waals surface area contributed by atoms with Crippen molar-refractivity contribution >= 4 is 27.7 Å². The molecule has 12 heteroatoms. The average molecular weight is 549 g/mol. The van der Waals surface area contributed by atoms with Crippen LogP contribution in [0.15, 0.2) is 65.7 Å². The molecule has 0 saturated carbocycles. The molecule has 39 heavy (non-hydrogen) atoms. The van der Waals surface area contributed by atoms with Crippen molar-refractivity contribution in [2.24, 2.45) is 0 Å². The molecular formula is C27H24N4O7S. The van der Waals surface area contributed by atoms with Crippen molar-refractivity contribution in [1.29, 1.82) is 0 Å². The smallest absolute Gasteiger partial charge is 0.407 e. The van der Waals surface area contributed by atoms with Crippen LogP contribution in [-0.2, 0) is 27.8 Å². The first-order valence-corrected chi connectivity index (χ1v) is 13.4. The van der Waals surface area contributed by atoms with Crippen molar-refractivity contribution in [3.8, 4) is 5.75 Å². The zero-order valence-corrected chi connectivity index (χ0v) is 21.9. The second-order valence-electron chi connectivity index (χ2n) is 8.88. The van der Waals surface area contributed by atoms with Crippen LogP contribution >= 0.6 is 0 Å². The van der Waals surface area contributed by atoms with Gasteiger partial charge in [-0.1, -0.05) is 29.8 Å². The molecule has 0 radical (unpaired) electrons. The van der Waals surface area contributed by atoms with E-state index in [1.54, 1.807) is 43.5 Å². The van der Waals surface area contributed by atoms with Crippen molar-refractivity contribution < 1.29 is 32.3 Å². The molecule has 2 heterocycles. The van der Waals surface area contributed by atoms with Gasteiger partial charge in [-0.25, -0.2) is 17.2 Å². The molecule has 0 saturated heterocycles. The van der Waals surface area contributed by atoms with Gasteiger partial charge in [0.2, 0.25) is 11.6 Å². The third kappa shape index (κ3) is 4.81. The van der Waals surface area contributed by atoms with Gasteiger partial charge in [0, 0.05) is 24.9 Å². The number of fused-ring (bicyclic) bond motifs is 2. The molecule has 0 unspecified atom stereocenters. The van der Waals surface area contributed by atoms with E-state index in [0.29, 0.717) is 11.4 Å². The van der Waals surface area contributed by atoms with E-state index in [1.807, 2.05) is 6.92 Å². The summed E-state index contributed by atoms with van der Waals surface area (Å²) in [5.41, 5.74) is 1.56. The maximum atomic E-state index is 13.5. The van der Waals surface area contributed by atoms with Crippen LogP contribution in [0.1, 0.15) is 48.9 Å². The summed E-state index contributed by atoms with van der Waals surface area (Å²) in [6.07, 6.45) is 0.660. The predicted octanol–water partition coefficient (Wildman–Crippen LogP) is 3.01. The summed E-state index contributed by atoms with van der Waals surface area (Å²) in [5, 5.41) is 9.28. The molecule has 1 amide bonds. The minimum absolute atomic E-state index is 0.0117. The summed E-state index contributed by atoms with van der Waals surface area (Å²) < 4.78 is 37.8. The number of methoxy groups -OCH3 is 1. The first kappa shape index (κ1) is 25.9. The Hall–Kier alpha value is -4.71. The molecule has 200 valence electrons. The number of aromatic amines is 1. The number of ether oxygens (including phenoxy) is 2. The topological polar surface area (TPSA) is 149 Å². The minimum Gasteiger partial charge on any atom is -0.497 e. The van der Waals surface area contributed by atoms with Crippen LogP contribution < -0.4 is 10.1 Å². The third-order valence-electron chi connectivity index (χ3n) is 6.35. The summed E-state index contributed by atoms with van der Waals surface area (Å²) in [6, 6.07) is 14.5. The Labute approximate surface area is 223 Å². The van der Waals surface area contributed by atoms with E-state index >= 15 is 0 Å².